The summed E-state index contributed by atoms with van der Waals surface area (Å²) in [5.41, 5.74) is 0. The topological polar surface area (TPSA) is 51.0 Å². The lowest BCUT2D eigenvalue weighted by Gasteiger charge is -2.25. The SMILES string of the molecule is CCCNc1nc(C2CCC(CC)CC2)no1. The van der Waals surface area contributed by atoms with Crippen LogP contribution in [-0.2, 0) is 0 Å². The molecule has 0 aromatic carbocycles. The second kappa shape index (κ2) is 6.03. The number of nitrogens with one attached hydrogen (secondary N) is 1. The molecule has 96 valence electrons. The molecular formula is C13H23N3O. The highest BCUT2D eigenvalue weighted by Gasteiger charge is 2.24. The first-order valence-corrected chi connectivity index (χ1v) is 6.91. The van der Waals surface area contributed by atoms with E-state index in [1.807, 2.05) is 0 Å². The zero-order valence-corrected chi connectivity index (χ0v) is 10.9. The number of aromatic nitrogens is 2. The molecule has 4 heteroatoms. The Hall–Kier alpha value is -1.06. The van der Waals surface area contributed by atoms with E-state index in [4.69, 9.17) is 4.52 Å². The Labute approximate surface area is 103 Å². The maximum atomic E-state index is 5.20. The minimum absolute atomic E-state index is 0.513. The van der Waals surface area contributed by atoms with Gasteiger partial charge in [0.2, 0.25) is 0 Å². The molecule has 4 nitrogen and oxygen atoms in total. The fraction of sp³-hybridized carbons (Fsp3) is 0.846. The fourth-order valence-corrected chi connectivity index (χ4v) is 2.53. The van der Waals surface area contributed by atoms with Crippen molar-refractivity contribution in [2.75, 3.05) is 11.9 Å². The number of rotatable bonds is 5. The molecule has 2 rings (SSSR count). The van der Waals surface area contributed by atoms with Crippen LogP contribution in [0.4, 0.5) is 6.01 Å². The van der Waals surface area contributed by atoms with E-state index in [1.54, 1.807) is 0 Å². The Kier molecular flexibility index (Phi) is 4.40. The van der Waals surface area contributed by atoms with Crippen LogP contribution in [0.2, 0.25) is 0 Å². The lowest BCUT2D eigenvalue weighted by molar-refractivity contribution is 0.305. The fourth-order valence-electron chi connectivity index (χ4n) is 2.53. The van der Waals surface area contributed by atoms with Crippen LogP contribution in [0.5, 0.6) is 0 Å². The molecule has 1 heterocycles. The second-order valence-electron chi connectivity index (χ2n) is 5.01. The normalized spacial score (nSPS) is 24.8. The van der Waals surface area contributed by atoms with Crippen LogP contribution in [0.25, 0.3) is 0 Å². The van der Waals surface area contributed by atoms with Gasteiger partial charge in [0.1, 0.15) is 0 Å². The van der Waals surface area contributed by atoms with Gasteiger partial charge in [-0.2, -0.15) is 4.98 Å². The van der Waals surface area contributed by atoms with Crippen LogP contribution in [0.1, 0.15) is 64.1 Å². The zero-order valence-electron chi connectivity index (χ0n) is 10.9. The van der Waals surface area contributed by atoms with Crippen molar-refractivity contribution < 1.29 is 4.52 Å². The van der Waals surface area contributed by atoms with E-state index in [0.717, 1.165) is 24.7 Å². The molecule has 1 aromatic heterocycles. The van der Waals surface area contributed by atoms with Crippen LogP contribution < -0.4 is 5.32 Å². The Balaban J connectivity index is 1.87. The van der Waals surface area contributed by atoms with Crippen LogP contribution in [-0.4, -0.2) is 16.7 Å². The first kappa shape index (κ1) is 12.4. The van der Waals surface area contributed by atoms with Gasteiger partial charge in [0.15, 0.2) is 5.82 Å². The first-order valence-electron chi connectivity index (χ1n) is 6.91. The third kappa shape index (κ3) is 3.20. The molecule has 0 saturated heterocycles. The molecule has 1 N–H and O–H groups in total. The Morgan fingerprint density at radius 3 is 2.65 bits per heavy atom. The van der Waals surface area contributed by atoms with Crippen LogP contribution in [0.3, 0.4) is 0 Å². The van der Waals surface area contributed by atoms with Gasteiger partial charge in [-0.3, -0.25) is 0 Å². The van der Waals surface area contributed by atoms with E-state index in [9.17, 15) is 0 Å². The Morgan fingerprint density at radius 2 is 2.00 bits per heavy atom. The maximum absolute atomic E-state index is 5.20. The predicted molar refractivity (Wildman–Crippen MR) is 68.1 cm³/mol. The average Bonchev–Trinajstić information content (AvgIpc) is 2.85. The van der Waals surface area contributed by atoms with E-state index in [-0.39, 0.29) is 0 Å². The molecule has 0 unspecified atom stereocenters. The predicted octanol–water partition coefficient (Wildman–Crippen LogP) is 3.58. The van der Waals surface area contributed by atoms with Crippen molar-refractivity contribution in [1.29, 1.82) is 0 Å². The largest absolute Gasteiger partial charge is 0.338 e. The number of nitrogens with zero attached hydrogens (tertiary/aromatic N) is 2. The molecule has 1 aliphatic carbocycles. The minimum atomic E-state index is 0.513. The van der Waals surface area contributed by atoms with E-state index in [0.29, 0.717) is 11.9 Å². The summed E-state index contributed by atoms with van der Waals surface area (Å²) in [6.45, 7) is 5.30. The first-order chi connectivity index (χ1) is 8.33. The molecule has 0 spiro atoms. The summed E-state index contributed by atoms with van der Waals surface area (Å²) < 4.78 is 5.20. The summed E-state index contributed by atoms with van der Waals surface area (Å²) >= 11 is 0. The van der Waals surface area contributed by atoms with Gasteiger partial charge < -0.3 is 9.84 Å². The van der Waals surface area contributed by atoms with Crippen LogP contribution in [0.15, 0.2) is 4.52 Å². The van der Waals surface area contributed by atoms with Gasteiger partial charge in [0.05, 0.1) is 0 Å². The smallest absolute Gasteiger partial charge is 0.321 e. The van der Waals surface area contributed by atoms with Gasteiger partial charge in [-0.05, 0) is 38.0 Å². The molecule has 0 amide bonds. The molecular weight excluding hydrogens is 214 g/mol. The van der Waals surface area contributed by atoms with Gasteiger partial charge in [0, 0.05) is 12.5 Å². The highest BCUT2D eigenvalue weighted by atomic mass is 16.5. The minimum Gasteiger partial charge on any atom is -0.338 e. The number of hydrogen-bond donors (Lipinski definition) is 1. The van der Waals surface area contributed by atoms with Crippen molar-refractivity contribution in [3.8, 4) is 0 Å². The summed E-state index contributed by atoms with van der Waals surface area (Å²) in [5.74, 6) is 2.33. The van der Waals surface area contributed by atoms with E-state index >= 15 is 0 Å². The molecule has 0 bridgehead atoms. The molecule has 17 heavy (non-hydrogen) atoms. The highest BCUT2D eigenvalue weighted by molar-refractivity contribution is 5.19. The van der Waals surface area contributed by atoms with Gasteiger partial charge in [-0.25, -0.2) is 0 Å². The molecule has 1 aromatic rings. The van der Waals surface area contributed by atoms with Crippen molar-refractivity contribution in [3.63, 3.8) is 0 Å². The van der Waals surface area contributed by atoms with Gasteiger partial charge in [-0.15, -0.1) is 0 Å². The monoisotopic (exact) mass is 237 g/mol. The summed E-state index contributed by atoms with van der Waals surface area (Å²) in [5, 5.41) is 7.23. The second-order valence-corrected chi connectivity index (χ2v) is 5.01. The van der Waals surface area contributed by atoms with Crippen molar-refractivity contribution >= 4 is 6.01 Å². The molecule has 0 radical (unpaired) electrons. The van der Waals surface area contributed by atoms with Gasteiger partial charge >= 0.3 is 6.01 Å². The standard InChI is InChI=1S/C13H23N3O/c1-3-9-14-13-15-12(16-17-13)11-7-5-10(4-2)6-8-11/h10-11H,3-9H2,1-2H3,(H,14,15,16). The maximum Gasteiger partial charge on any atom is 0.321 e. The molecule has 1 aliphatic rings. The molecule has 1 saturated carbocycles. The van der Waals surface area contributed by atoms with E-state index in [2.05, 4.69) is 29.3 Å². The van der Waals surface area contributed by atoms with Crippen LogP contribution >= 0.6 is 0 Å². The molecule has 1 fully saturated rings. The quantitative estimate of drug-likeness (QED) is 0.850. The lowest BCUT2D eigenvalue weighted by Crippen LogP contribution is -2.13. The number of hydrogen-bond acceptors (Lipinski definition) is 4. The van der Waals surface area contributed by atoms with E-state index < -0.39 is 0 Å². The van der Waals surface area contributed by atoms with Gasteiger partial charge in [0.25, 0.3) is 0 Å². The summed E-state index contributed by atoms with van der Waals surface area (Å²) in [6.07, 6.45) is 7.43. The van der Waals surface area contributed by atoms with Crippen molar-refractivity contribution in [3.05, 3.63) is 5.82 Å². The van der Waals surface area contributed by atoms with Crippen molar-refractivity contribution in [2.24, 2.45) is 5.92 Å². The Bertz CT molecular complexity index is 329. The number of anilines is 1. The Morgan fingerprint density at radius 1 is 1.24 bits per heavy atom. The third-order valence-corrected chi connectivity index (χ3v) is 3.76. The van der Waals surface area contributed by atoms with Crippen molar-refractivity contribution in [1.82, 2.24) is 10.1 Å². The summed E-state index contributed by atoms with van der Waals surface area (Å²) in [7, 11) is 0. The third-order valence-electron chi connectivity index (χ3n) is 3.76. The highest BCUT2D eigenvalue weighted by Crippen LogP contribution is 2.35. The van der Waals surface area contributed by atoms with Crippen molar-refractivity contribution in [2.45, 2.75) is 58.3 Å². The lowest BCUT2D eigenvalue weighted by atomic mass is 9.80. The summed E-state index contributed by atoms with van der Waals surface area (Å²) in [6, 6.07) is 0.583. The van der Waals surface area contributed by atoms with Gasteiger partial charge in [-0.1, -0.05) is 25.4 Å². The zero-order chi connectivity index (χ0) is 12.1. The average molecular weight is 237 g/mol. The van der Waals surface area contributed by atoms with E-state index in [1.165, 1.54) is 32.1 Å². The molecule has 0 aliphatic heterocycles. The van der Waals surface area contributed by atoms with Crippen LogP contribution in [0, 0.1) is 5.92 Å². The molecule has 0 atom stereocenters. The summed E-state index contributed by atoms with van der Waals surface area (Å²) in [4.78, 5) is 4.43.